The first-order valence-electron chi connectivity index (χ1n) is 7.44. The molecule has 2 heterocycles. The number of benzene rings is 1. The SMILES string of the molecule is C[C@@H](Cn1ccc(-c2cc(F)c(C#N)c(Cl)c2)n1)N1C=CCC1. The first-order valence-corrected chi connectivity index (χ1v) is 7.81. The van der Waals surface area contributed by atoms with Gasteiger partial charge in [0, 0.05) is 24.3 Å². The van der Waals surface area contributed by atoms with Gasteiger partial charge in [-0.15, -0.1) is 0 Å². The Bertz CT molecular complexity index is 767. The highest BCUT2D eigenvalue weighted by atomic mass is 35.5. The van der Waals surface area contributed by atoms with Gasteiger partial charge in [-0.1, -0.05) is 17.7 Å². The van der Waals surface area contributed by atoms with Crippen LogP contribution < -0.4 is 0 Å². The first-order chi connectivity index (χ1) is 11.1. The fourth-order valence-corrected chi connectivity index (χ4v) is 2.95. The Kier molecular flexibility index (Phi) is 4.35. The zero-order valence-electron chi connectivity index (χ0n) is 12.7. The van der Waals surface area contributed by atoms with Crippen LogP contribution in [0.15, 0.2) is 36.7 Å². The smallest absolute Gasteiger partial charge is 0.143 e. The standard InChI is InChI=1S/C17H16ClFN4/c1-12(22-5-2-3-6-22)11-23-7-4-17(21-23)13-8-15(18)14(10-20)16(19)9-13/h2,4-5,7-9,12H,3,6,11H2,1H3/t12-/m0/s1. The summed E-state index contributed by atoms with van der Waals surface area (Å²) in [5.41, 5.74) is 1.07. The number of aromatic nitrogens is 2. The summed E-state index contributed by atoms with van der Waals surface area (Å²) in [4.78, 5) is 2.28. The third-order valence-electron chi connectivity index (χ3n) is 3.96. The Morgan fingerprint density at radius 2 is 2.30 bits per heavy atom. The summed E-state index contributed by atoms with van der Waals surface area (Å²) in [6.45, 7) is 3.93. The van der Waals surface area contributed by atoms with Gasteiger partial charge in [-0.25, -0.2) is 4.39 Å². The van der Waals surface area contributed by atoms with E-state index in [1.165, 1.54) is 6.07 Å². The Morgan fingerprint density at radius 1 is 1.48 bits per heavy atom. The van der Waals surface area contributed by atoms with Crippen molar-refractivity contribution in [3.8, 4) is 17.3 Å². The summed E-state index contributed by atoms with van der Waals surface area (Å²) in [5, 5.41) is 13.5. The zero-order chi connectivity index (χ0) is 16.4. The summed E-state index contributed by atoms with van der Waals surface area (Å²) in [6.07, 6.45) is 7.23. The molecular formula is C17H16ClFN4. The van der Waals surface area contributed by atoms with Crippen molar-refractivity contribution in [3.63, 3.8) is 0 Å². The molecule has 1 atom stereocenters. The van der Waals surface area contributed by atoms with Gasteiger partial charge in [-0.3, -0.25) is 4.68 Å². The van der Waals surface area contributed by atoms with Crippen LogP contribution in [-0.2, 0) is 6.54 Å². The molecule has 6 heteroatoms. The molecule has 0 radical (unpaired) electrons. The van der Waals surface area contributed by atoms with Gasteiger partial charge in [0.25, 0.3) is 0 Å². The third kappa shape index (κ3) is 3.22. The van der Waals surface area contributed by atoms with Crippen LogP contribution >= 0.6 is 11.6 Å². The highest BCUT2D eigenvalue weighted by Crippen LogP contribution is 2.26. The molecule has 0 saturated carbocycles. The molecule has 1 aromatic heterocycles. The topological polar surface area (TPSA) is 44.9 Å². The molecule has 0 unspecified atom stereocenters. The molecule has 4 nitrogen and oxygen atoms in total. The lowest BCUT2D eigenvalue weighted by atomic mass is 10.1. The van der Waals surface area contributed by atoms with Crippen LogP contribution in [0.1, 0.15) is 18.9 Å². The molecule has 2 aromatic rings. The van der Waals surface area contributed by atoms with Crippen LogP contribution in [-0.4, -0.2) is 27.3 Å². The van der Waals surface area contributed by atoms with Crippen LogP contribution in [0.4, 0.5) is 4.39 Å². The van der Waals surface area contributed by atoms with Gasteiger partial charge >= 0.3 is 0 Å². The van der Waals surface area contributed by atoms with Crippen LogP contribution in [0, 0.1) is 17.1 Å². The van der Waals surface area contributed by atoms with Gasteiger partial charge in [0.2, 0.25) is 0 Å². The van der Waals surface area contributed by atoms with Crippen LogP contribution in [0.25, 0.3) is 11.3 Å². The van der Waals surface area contributed by atoms with Gasteiger partial charge < -0.3 is 4.90 Å². The van der Waals surface area contributed by atoms with Gasteiger partial charge in [0.1, 0.15) is 17.4 Å². The maximum absolute atomic E-state index is 13.9. The van der Waals surface area contributed by atoms with Crippen molar-refractivity contribution < 1.29 is 4.39 Å². The average Bonchev–Trinajstić information content (AvgIpc) is 3.18. The van der Waals surface area contributed by atoms with Crippen molar-refractivity contribution in [1.82, 2.24) is 14.7 Å². The summed E-state index contributed by atoms with van der Waals surface area (Å²) in [6, 6.07) is 6.79. The number of hydrogen-bond acceptors (Lipinski definition) is 3. The second kappa shape index (κ2) is 6.43. The molecule has 0 amide bonds. The number of nitrogens with zero attached hydrogens (tertiary/aromatic N) is 4. The quantitative estimate of drug-likeness (QED) is 0.856. The maximum atomic E-state index is 13.9. The highest BCUT2D eigenvalue weighted by molar-refractivity contribution is 6.32. The normalized spacial score (nSPS) is 15.0. The van der Waals surface area contributed by atoms with E-state index in [1.54, 1.807) is 12.1 Å². The molecule has 0 bridgehead atoms. The lowest BCUT2D eigenvalue weighted by molar-refractivity contribution is 0.278. The summed E-state index contributed by atoms with van der Waals surface area (Å²) in [7, 11) is 0. The lowest BCUT2D eigenvalue weighted by Gasteiger charge is -2.24. The Labute approximate surface area is 139 Å². The van der Waals surface area contributed by atoms with Crippen molar-refractivity contribution in [1.29, 1.82) is 5.26 Å². The minimum atomic E-state index is -0.625. The predicted molar refractivity (Wildman–Crippen MR) is 87.3 cm³/mol. The number of rotatable bonds is 4. The van der Waals surface area contributed by atoms with Gasteiger partial charge in [0.15, 0.2) is 0 Å². The second-order valence-electron chi connectivity index (χ2n) is 5.61. The maximum Gasteiger partial charge on any atom is 0.143 e. The van der Waals surface area contributed by atoms with Gasteiger partial charge in [-0.05, 0) is 37.7 Å². The minimum absolute atomic E-state index is 0.104. The molecule has 0 N–H and O–H groups in total. The zero-order valence-corrected chi connectivity index (χ0v) is 13.5. The molecule has 3 rings (SSSR count). The second-order valence-corrected chi connectivity index (χ2v) is 6.02. The van der Waals surface area contributed by atoms with E-state index < -0.39 is 5.82 Å². The van der Waals surface area contributed by atoms with E-state index in [0.717, 1.165) is 19.5 Å². The molecular weight excluding hydrogens is 315 g/mol. The van der Waals surface area contributed by atoms with E-state index in [4.69, 9.17) is 16.9 Å². The summed E-state index contributed by atoms with van der Waals surface area (Å²) in [5.74, 6) is -0.625. The van der Waals surface area contributed by atoms with E-state index in [0.29, 0.717) is 17.3 Å². The van der Waals surface area contributed by atoms with E-state index >= 15 is 0 Å². The number of halogens is 2. The van der Waals surface area contributed by atoms with Gasteiger partial charge in [0.05, 0.1) is 17.3 Å². The van der Waals surface area contributed by atoms with Crippen LogP contribution in [0.3, 0.4) is 0 Å². The highest BCUT2D eigenvalue weighted by Gasteiger charge is 2.15. The predicted octanol–water partition coefficient (Wildman–Crippen LogP) is 3.82. The van der Waals surface area contributed by atoms with E-state index in [9.17, 15) is 4.39 Å². The molecule has 0 spiro atoms. The fourth-order valence-electron chi connectivity index (χ4n) is 2.70. The van der Waals surface area contributed by atoms with Crippen molar-refractivity contribution >= 4 is 11.6 Å². The fraction of sp³-hybridized carbons (Fsp3) is 0.294. The van der Waals surface area contributed by atoms with Crippen molar-refractivity contribution in [3.05, 3.63) is 53.1 Å². The molecule has 1 aromatic carbocycles. The molecule has 1 aliphatic heterocycles. The molecule has 23 heavy (non-hydrogen) atoms. The Morgan fingerprint density at radius 3 is 2.96 bits per heavy atom. The van der Waals surface area contributed by atoms with Gasteiger partial charge in [-0.2, -0.15) is 10.4 Å². The average molecular weight is 331 g/mol. The molecule has 0 aliphatic carbocycles. The van der Waals surface area contributed by atoms with Crippen molar-refractivity contribution in [2.45, 2.75) is 25.9 Å². The van der Waals surface area contributed by atoms with Crippen LogP contribution in [0.5, 0.6) is 0 Å². The number of hydrogen-bond donors (Lipinski definition) is 0. The van der Waals surface area contributed by atoms with Crippen molar-refractivity contribution in [2.24, 2.45) is 0 Å². The lowest BCUT2D eigenvalue weighted by Crippen LogP contribution is -2.30. The molecule has 0 saturated heterocycles. The van der Waals surface area contributed by atoms with E-state index in [1.807, 2.05) is 16.9 Å². The van der Waals surface area contributed by atoms with Crippen LogP contribution in [0.2, 0.25) is 5.02 Å². The first kappa shape index (κ1) is 15.6. The largest absolute Gasteiger partial charge is 0.373 e. The van der Waals surface area contributed by atoms with E-state index in [2.05, 4.69) is 29.2 Å². The van der Waals surface area contributed by atoms with Crippen molar-refractivity contribution in [2.75, 3.05) is 6.54 Å². The van der Waals surface area contributed by atoms with E-state index in [-0.39, 0.29) is 10.6 Å². The minimum Gasteiger partial charge on any atom is -0.373 e. The number of nitriles is 1. The Hall–Kier alpha value is -2.32. The molecule has 0 fully saturated rings. The summed E-state index contributed by atoms with van der Waals surface area (Å²) < 4.78 is 15.7. The summed E-state index contributed by atoms with van der Waals surface area (Å²) >= 11 is 5.95. The Balaban J connectivity index is 1.79. The molecule has 1 aliphatic rings. The third-order valence-corrected chi connectivity index (χ3v) is 4.26. The monoisotopic (exact) mass is 330 g/mol. The molecule has 118 valence electrons.